The third-order valence-electron chi connectivity index (χ3n) is 4.01. The Balaban J connectivity index is 1.58. The van der Waals surface area contributed by atoms with E-state index in [1.54, 1.807) is 23.9 Å². The fraction of sp³-hybridized carbons (Fsp3) is 0.235. The maximum absolute atomic E-state index is 5.14. The number of hydrogen-bond donors (Lipinski definition) is 0. The van der Waals surface area contributed by atoms with Crippen molar-refractivity contribution in [3.63, 3.8) is 0 Å². The molecule has 0 unspecified atom stereocenters. The number of nitrogens with zero attached hydrogens (tertiary/aromatic N) is 3. The molecule has 4 nitrogen and oxygen atoms in total. The number of hydrogen-bond acceptors (Lipinski definition) is 5. The van der Waals surface area contributed by atoms with E-state index in [-0.39, 0.29) is 0 Å². The number of fused-ring (bicyclic) bond motifs is 1. The first-order valence-corrected chi connectivity index (χ1v) is 8.21. The van der Waals surface area contributed by atoms with Crippen LogP contribution >= 0.6 is 11.3 Å². The van der Waals surface area contributed by atoms with Crippen LogP contribution in [0.1, 0.15) is 5.69 Å². The van der Waals surface area contributed by atoms with E-state index >= 15 is 0 Å². The molecule has 22 heavy (non-hydrogen) atoms. The zero-order valence-electron chi connectivity index (χ0n) is 12.4. The predicted molar refractivity (Wildman–Crippen MR) is 90.6 cm³/mol. The summed E-state index contributed by atoms with van der Waals surface area (Å²) in [5, 5.41) is 3.16. The minimum atomic E-state index is 0.846. The van der Waals surface area contributed by atoms with Crippen LogP contribution in [0, 0.1) is 0 Å². The van der Waals surface area contributed by atoms with Crippen molar-refractivity contribution in [1.82, 2.24) is 4.98 Å². The van der Waals surface area contributed by atoms with Gasteiger partial charge in [0.15, 0.2) is 0 Å². The molecular weight excluding hydrogens is 294 g/mol. The minimum Gasteiger partial charge on any atom is -0.472 e. The van der Waals surface area contributed by atoms with E-state index in [0.717, 1.165) is 35.9 Å². The van der Waals surface area contributed by atoms with Crippen LogP contribution in [-0.2, 0) is 6.54 Å². The Labute approximate surface area is 133 Å². The molecule has 0 atom stereocenters. The monoisotopic (exact) mass is 311 g/mol. The molecule has 5 heteroatoms. The van der Waals surface area contributed by atoms with Crippen LogP contribution in [0.4, 0.5) is 11.4 Å². The molecule has 3 heterocycles. The highest BCUT2D eigenvalue weighted by Crippen LogP contribution is 2.33. The van der Waals surface area contributed by atoms with E-state index in [0.29, 0.717) is 0 Å². The molecule has 0 saturated heterocycles. The number of aromatic nitrogens is 1. The van der Waals surface area contributed by atoms with Gasteiger partial charge < -0.3 is 14.2 Å². The molecule has 4 rings (SSSR count). The number of furan rings is 1. The van der Waals surface area contributed by atoms with Crippen molar-refractivity contribution in [2.24, 2.45) is 0 Å². The van der Waals surface area contributed by atoms with Gasteiger partial charge in [-0.15, -0.1) is 11.3 Å². The minimum absolute atomic E-state index is 0.846. The summed E-state index contributed by atoms with van der Waals surface area (Å²) >= 11 is 1.67. The highest BCUT2D eigenvalue weighted by Gasteiger charge is 2.20. The Morgan fingerprint density at radius 3 is 2.86 bits per heavy atom. The largest absolute Gasteiger partial charge is 0.472 e. The van der Waals surface area contributed by atoms with Crippen LogP contribution in [0.25, 0.3) is 10.6 Å². The van der Waals surface area contributed by atoms with Crippen LogP contribution < -0.4 is 9.80 Å². The topological polar surface area (TPSA) is 32.5 Å². The average Bonchev–Trinajstić information content (AvgIpc) is 3.21. The Bertz CT molecular complexity index is 766. The van der Waals surface area contributed by atoms with Crippen molar-refractivity contribution in [3.8, 4) is 10.6 Å². The normalized spacial score (nSPS) is 14.2. The molecule has 0 saturated carbocycles. The summed E-state index contributed by atoms with van der Waals surface area (Å²) in [5.74, 6) is 0. The Hall–Kier alpha value is -2.27. The standard InChI is InChI=1S/C17H17N3OS/c1-19-7-8-20(16-5-3-2-4-15(16)19)10-14-12-22-17(18-14)13-6-9-21-11-13/h2-6,9,11-12H,7-8,10H2,1H3. The first-order valence-electron chi connectivity index (χ1n) is 7.33. The van der Waals surface area contributed by atoms with E-state index in [9.17, 15) is 0 Å². The third kappa shape index (κ3) is 2.37. The van der Waals surface area contributed by atoms with Crippen LogP contribution in [0.5, 0.6) is 0 Å². The van der Waals surface area contributed by atoms with Crippen LogP contribution in [0.15, 0.2) is 52.7 Å². The fourth-order valence-electron chi connectivity index (χ4n) is 2.82. The molecular formula is C17H17N3OS. The van der Waals surface area contributed by atoms with Gasteiger partial charge in [0, 0.05) is 31.1 Å². The van der Waals surface area contributed by atoms with Gasteiger partial charge in [0.2, 0.25) is 0 Å². The Kier molecular flexibility index (Phi) is 3.35. The molecule has 0 fully saturated rings. The van der Waals surface area contributed by atoms with Crippen LogP contribution in [-0.4, -0.2) is 25.1 Å². The van der Waals surface area contributed by atoms with Crippen molar-refractivity contribution in [3.05, 3.63) is 53.9 Å². The Morgan fingerprint density at radius 1 is 1.18 bits per heavy atom. The lowest BCUT2D eigenvalue weighted by Gasteiger charge is -2.36. The maximum atomic E-state index is 5.14. The smallest absolute Gasteiger partial charge is 0.126 e. The highest BCUT2D eigenvalue weighted by molar-refractivity contribution is 7.13. The number of rotatable bonds is 3. The highest BCUT2D eigenvalue weighted by atomic mass is 32.1. The van der Waals surface area contributed by atoms with E-state index in [2.05, 4.69) is 46.5 Å². The van der Waals surface area contributed by atoms with Gasteiger partial charge in [0.1, 0.15) is 11.3 Å². The van der Waals surface area contributed by atoms with Crippen molar-refractivity contribution >= 4 is 22.7 Å². The molecule has 1 aliphatic rings. The van der Waals surface area contributed by atoms with Crippen molar-refractivity contribution in [1.29, 1.82) is 0 Å². The molecule has 0 aliphatic carbocycles. The lowest BCUT2D eigenvalue weighted by molar-refractivity contribution is 0.568. The molecule has 0 bridgehead atoms. The van der Waals surface area contributed by atoms with Gasteiger partial charge in [-0.2, -0.15) is 0 Å². The summed E-state index contributed by atoms with van der Waals surface area (Å²) in [6.07, 6.45) is 3.43. The van der Waals surface area contributed by atoms with Gasteiger partial charge in [-0.1, -0.05) is 12.1 Å². The third-order valence-corrected chi connectivity index (χ3v) is 4.95. The van der Waals surface area contributed by atoms with Gasteiger partial charge in [0.05, 0.1) is 29.9 Å². The molecule has 1 aliphatic heterocycles. The summed E-state index contributed by atoms with van der Waals surface area (Å²) in [4.78, 5) is 9.46. The molecule has 0 N–H and O–H groups in total. The molecule has 112 valence electrons. The van der Waals surface area contributed by atoms with Crippen molar-refractivity contribution in [2.45, 2.75) is 6.54 Å². The molecule has 1 aromatic carbocycles. The average molecular weight is 311 g/mol. The summed E-state index contributed by atoms with van der Waals surface area (Å²) in [7, 11) is 2.15. The lowest BCUT2D eigenvalue weighted by atomic mass is 10.1. The number of para-hydroxylation sites is 2. The zero-order valence-corrected chi connectivity index (χ0v) is 13.2. The first-order chi connectivity index (χ1) is 10.8. The second kappa shape index (κ2) is 5.50. The molecule has 0 radical (unpaired) electrons. The number of benzene rings is 1. The predicted octanol–water partition coefficient (Wildman–Crippen LogP) is 3.86. The summed E-state index contributed by atoms with van der Waals surface area (Å²) in [5.41, 5.74) is 4.74. The molecule has 0 amide bonds. The second-order valence-electron chi connectivity index (χ2n) is 5.49. The molecule has 3 aromatic rings. The summed E-state index contributed by atoms with van der Waals surface area (Å²) < 4.78 is 5.14. The van der Waals surface area contributed by atoms with E-state index < -0.39 is 0 Å². The number of thiazole rings is 1. The lowest BCUT2D eigenvalue weighted by Crippen LogP contribution is -2.38. The fourth-order valence-corrected chi connectivity index (χ4v) is 3.62. The maximum Gasteiger partial charge on any atom is 0.126 e. The van der Waals surface area contributed by atoms with Gasteiger partial charge in [-0.3, -0.25) is 0 Å². The Morgan fingerprint density at radius 2 is 2.05 bits per heavy atom. The quantitative estimate of drug-likeness (QED) is 0.735. The number of likely N-dealkylation sites (N-methyl/N-ethyl adjacent to an activating group) is 1. The summed E-state index contributed by atoms with van der Waals surface area (Å²) in [6, 6.07) is 10.5. The van der Waals surface area contributed by atoms with Crippen LogP contribution in [0.3, 0.4) is 0 Å². The van der Waals surface area contributed by atoms with Gasteiger partial charge >= 0.3 is 0 Å². The van der Waals surface area contributed by atoms with E-state index in [4.69, 9.17) is 9.40 Å². The SMILES string of the molecule is CN1CCN(Cc2csc(-c3ccoc3)n2)c2ccccc21. The van der Waals surface area contributed by atoms with Crippen molar-refractivity contribution < 1.29 is 4.42 Å². The van der Waals surface area contributed by atoms with E-state index in [1.807, 2.05) is 6.07 Å². The van der Waals surface area contributed by atoms with Gasteiger partial charge in [0.25, 0.3) is 0 Å². The summed E-state index contributed by atoms with van der Waals surface area (Å²) in [6.45, 7) is 2.90. The van der Waals surface area contributed by atoms with Gasteiger partial charge in [-0.05, 0) is 18.2 Å². The first kappa shape index (κ1) is 13.4. The van der Waals surface area contributed by atoms with Crippen molar-refractivity contribution in [2.75, 3.05) is 29.9 Å². The second-order valence-corrected chi connectivity index (χ2v) is 6.35. The van der Waals surface area contributed by atoms with Crippen LogP contribution in [0.2, 0.25) is 0 Å². The van der Waals surface area contributed by atoms with Gasteiger partial charge in [-0.25, -0.2) is 4.98 Å². The molecule has 2 aromatic heterocycles. The number of anilines is 2. The van der Waals surface area contributed by atoms with E-state index in [1.165, 1.54) is 11.4 Å². The zero-order chi connectivity index (χ0) is 14.9. The molecule has 0 spiro atoms.